The monoisotopic (exact) mass is 232 g/mol. The molecule has 1 aromatic rings. The van der Waals surface area contributed by atoms with Gasteiger partial charge in [0.15, 0.2) is 0 Å². The van der Waals surface area contributed by atoms with E-state index in [9.17, 15) is 8.78 Å². The van der Waals surface area contributed by atoms with E-state index in [0.717, 1.165) is 9.75 Å². The van der Waals surface area contributed by atoms with Gasteiger partial charge in [-0.25, -0.2) is 8.78 Å². The maximum Gasteiger partial charge on any atom is 0.261 e. The van der Waals surface area contributed by atoms with Gasteiger partial charge in [0.1, 0.15) is 13.2 Å². The van der Waals surface area contributed by atoms with Crippen LogP contribution < -0.4 is 0 Å². The molecule has 1 heterocycles. The Morgan fingerprint density at radius 3 is 2.93 bits per heavy atom. The molecule has 0 bridgehead atoms. The number of aliphatic hydroxyl groups excluding tert-OH is 1. The van der Waals surface area contributed by atoms with Crippen LogP contribution in [0.4, 0.5) is 8.78 Å². The van der Waals surface area contributed by atoms with E-state index in [1.165, 1.54) is 11.3 Å². The maximum atomic E-state index is 11.7. The summed E-state index contributed by atoms with van der Waals surface area (Å²) < 4.78 is 28.2. The first-order valence-corrected chi connectivity index (χ1v) is 5.08. The molecule has 1 rings (SSSR count). The van der Waals surface area contributed by atoms with Gasteiger partial charge in [0.2, 0.25) is 0 Å². The number of halogens is 2. The molecule has 0 aliphatic rings. The minimum atomic E-state index is -2.43. The molecule has 0 amide bonds. The Balaban J connectivity index is 2.39. The lowest BCUT2D eigenvalue weighted by Crippen LogP contribution is -2.03. The molecule has 0 unspecified atom stereocenters. The number of hydrogen-bond acceptors (Lipinski definition) is 3. The molecule has 0 aliphatic carbocycles. The molecule has 0 fully saturated rings. The van der Waals surface area contributed by atoms with E-state index < -0.39 is 13.0 Å². The normalized spacial score (nSPS) is 10.1. The number of aliphatic hydroxyl groups is 1. The second kappa shape index (κ2) is 6.51. The Kier molecular flexibility index (Phi) is 5.26. The Morgan fingerprint density at radius 1 is 1.47 bits per heavy atom. The third kappa shape index (κ3) is 4.88. The summed E-state index contributed by atoms with van der Waals surface area (Å²) in [7, 11) is 0. The minimum Gasteiger partial charge on any atom is -0.384 e. The van der Waals surface area contributed by atoms with E-state index in [-0.39, 0.29) is 13.2 Å². The summed E-state index contributed by atoms with van der Waals surface area (Å²) in [6.07, 6.45) is -2.43. The first-order chi connectivity index (χ1) is 7.22. The van der Waals surface area contributed by atoms with Crippen molar-refractivity contribution >= 4 is 11.3 Å². The third-order valence-electron chi connectivity index (χ3n) is 1.44. The highest BCUT2D eigenvalue weighted by molar-refractivity contribution is 7.12. The van der Waals surface area contributed by atoms with Crippen molar-refractivity contribution in [2.24, 2.45) is 0 Å². The van der Waals surface area contributed by atoms with Gasteiger partial charge in [-0.05, 0) is 12.1 Å². The van der Waals surface area contributed by atoms with Gasteiger partial charge in [-0.1, -0.05) is 11.8 Å². The zero-order valence-corrected chi connectivity index (χ0v) is 8.69. The second-order valence-corrected chi connectivity index (χ2v) is 3.80. The number of rotatable bonds is 4. The molecule has 0 radical (unpaired) electrons. The number of hydrogen-bond donors (Lipinski definition) is 1. The zero-order valence-electron chi connectivity index (χ0n) is 7.87. The van der Waals surface area contributed by atoms with Crippen molar-refractivity contribution in [1.29, 1.82) is 0 Å². The van der Waals surface area contributed by atoms with Crippen LogP contribution in [0, 0.1) is 11.8 Å². The molecule has 5 heteroatoms. The van der Waals surface area contributed by atoms with Crippen LogP contribution in [-0.4, -0.2) is 24.7 Å². The Morgan fingerprint density at radius 2 is 2.27 bits per heavy atom. The number of thiophene rings is 1. The fourth-order valence-electron chi connectivity index (χ4n) is 0.898. The summed E-state index contributed by atoms with van der Waals surface area (Å²) in [6, 6.07) is 3.55. The van der Waals surface area contributed by atoms with E-state index in [4.69, 9.17) is 9.84 Å². The molecule has 0 saturated heterocycles. The molecule has 0 aliphatic heterocycles. The summed E-state index contributed by atoms with van der Waals surface area (Å²) >= 11 is 1.37. The van der Waals surface area contributed by atoms with E-state index in [1.807, 2.05) is 0 Å². The fraction of sp³-hybridized carbons (Fsp3) is 0.400. The lowest BCUT2D eigenvalue weighted by Gasteiger charge is -1.99. The van der Waals surface area contributed by atoms with Gasteiger partial charge in [-0.15, -0.1) is 11.3 Å². The number of ether oxygens (including phenoxy) is 1. The first kappa shape index (κ1) is 12.1. The van der Waals surface area contributed by atoms with Gasteiger partial charge >= 0.3 is 0 Å². The summed E-state index contributed by atoms with van der Waals surface area (Å²) in [4.78, 5) is 1.64. The van der Waals surface area contributed by atoms with Crippen molar-refractivity contribution in [3.63, 3.8) is 0 Å². The molecule has 0 saturated carbocycles. The molecule has 0 atom stereocenters. The molecule has 0 aromatic carbocycles. The van der Waals surface area contributed by atoms with Gasteiger partial charge in [-0.3, -0.25) is 0 Å². The van der Waals surface area contributed by atoms with Crippen molar-refractivity contribution in [1.82, 2.24) is 0 Å². The number of alkyl halides is 2. The molecular formula is C10H10F2O2S. The van der Waals surface area contributed by atoms with Gasteiger partial charge in [-0.2, -0.15) is 0 Å². The van der Waals surface area contributed by atoms with Gasteiger partial charge in [0.25, 0.3) is 6.43 Å². The van der Waals surface area contributed by atoms with Crippen molar-refractivity contribution < 1.29 is 18.6 Å². The van der Waals surface area contributed by atoms with Gasteiger partial charge < -0.3 is 9.84 Å². The summed E-state index contributed by atoms with van der Waals surface area (Å²) in [5, 5.41) is 8.46. The van der Waals surface area contributed by atoms with Crippen molar-refractivity contribution in [2.45, 2.75) is 13.0 Å². The average Bonchev–Trinajstić information content (AvgIpc) is 2.62. The van der Waals surface area contributed by atoms with Crippen molar-refractivity contribution in [3.05, 3.63) is 21.9 Å². The van der Waals surface area contributed by atoms with E-state index in [0.29, 0.717) is 0 Å². The fourth-order valence-corrected chi connectivity index (χ4v) is 1.72. The first-order valence-electron chi connectivity index (χ1n) is 4.26. The highest BCUT2D eigenvalue weighted by Crippen LogP contribution is 2.16. The van der Waals surface area contributed by atoms with Crippen LogP contribution in [0.25, 0.3) is 0 Å². The van der Waals surface area contributed by atoms with Crippen LogP contribution in [0.1, 0.15) is 9.75 Å². The van der Waals surface area contributed by atoms with Crippen molar-refractivity contribution in [2.75, 3.05) is 13.2 Å². The lowest BCUT2D eigenvalue weighted by atomic mass is 10.4. The van der Waals surface area contributed by atoms with Crippen LogP contribution >= 0.6 is 11.3 Å². The largest absolute Gasteiger partial charge is 0.384 e. The van der Waals surface area contributed by atoms with Crippen LogP contribution in [0.15, 0.2) is 12.1 Å². The van der Waals surface area contributed by atoms with E-state index in [1.54, 1.807) is 12.1 Å². The van der Waals surface area contributed by atoms with E-state index in [2.05, 4.69) is 11.8 Å². The molecular weight excluding hydrogens is 222 g/mol. The third-order valence-corrected chi connectivity index (χ3v) is 2.41. The predicted molar refractivity (Wildman–Crippen MR) is 53.9 cm³/mol. The SMILES string of the molecule is OCC#Cc1ccc(COCC(F)F)s1. The van der Waals surface area contributed by atoms with Crippen LogP contribution in [0.2, 0.25) is 0 Å². The molecule has 15 heavy (non-hydrogen) atoms. The Hall–Kier alpha value is -0.960. The summed E-state index contributed by atoms with van der Waals surface area (Å²) in [5.74, 6) is 5.24. The molecule has 82 valence electrons. The Labute approximate surface area is 90.5 Å². The highest BCUT2D eigenvalue weighted by atomic mass is 32.1. The Bertz CT molecular complexity index is 352. The van der Waals surface area contributed by atoms with Gasteiger partial charge in [0.05, 0.1) is 11.5 Å². The van der Waals surface area contributed by atoms with Gasteiger partial charge in [0, 0.05) is 4.88 Å². The van der Waals surface area contributed by atoms with Crippen molar-refractivity contribution in [3.8, 4) is 11.8 Å². The molecule has 2 nitrogen and oxygen atoms in total. The van der Waals surface area contributed by atoms with E-state index >= 15 is 0 Å². The summed E-state index contributed by atoms with van der Waals surface area (Å²) in [5.41, 5.74) is 0. The smallest absolute Gasteiger partial charge is 0.261 e. The predicted octanol–water partition coefficient (Wildman–Crippen LogP) is 1.87. The molecule has 1 aromatic heterocycles. The van der Waals surface area contributed by atoms with Crippen LogP contribution in [0.5, 0.6) is 0 Å². The quantitative estimate of drug-likeness (QED) is 0.803. The zero-order chi connectivity index (χ0) is 11.1. The highest BCUT2D eigenvalue weighted by Gasteiger charge is 2.03. The maximum absolute atomic E-state index is 11.7. The lowest BCUT2D eigenvalue weighted by molar-refractivity contribution is 0.0108. The second-order valence-electron chi connectivity index (χ2n) is 2.63. The van der Waals surface area contributed by atoms with Crippen LogP contribution in [-0.2, 0) is 11.3 Å². The minimum absolute atomic E-state index is 0.176. The summed E-state index contributed by atoms with van der Waals surface area (Å²) in [6.45, 7) is -0.555. The molecule has 1 N–H and O–H groups in total. The molecule has 0 spiro atoms. The standard InChI is InChI=1S/C10H10F2O2S/c11-10(12)7-14-6-9-4-3-8(15-9)2-1-5-13/h3-4,10,13H,5-7H2. The van der Waals surface area contributed by atoms with Crippen LogP contribution in [0.3, 0.4) is 0 Å². The average molecular weight is 232 g/mol. The topological polar surface area (TPSA) is 29.5 Å².